The maximum absolute atomic E-state index is 15.1. The molecule has 5 aromatic rings. The van der Waals surface area contributed by atoms with Crippen LogP contribution in [-0.2, 0) is 11.8 Å². The summed E-state index contributed by atoms with van der Waals surface area (Å²) >= 11 is 7.74. The topological polar surface area (TPSA) is 62.9 Å². The Morgan fingerprint density at radius 1 is 1.15 bits per heavy atom. The molecular formula is C31H27ClF3N3O2S. The summed E-state index contributed by atoms with van der Waals surface area (Å²) in [7, 11) is 0. The molecule has 1 aliphatic heterocycles. The van der Waals surface area contributed by atoms with Gasteiger partial charge in [0.1, 0.15) is 23.1 Å². The lowest BCUT2D eigenvalue weighted by Gasteiger charge is -2.36. The van der Waals surface area contributed by atoms with Crippen LogP contribution in [0.5, 0.6) is 17.2 Å². The van der Waals surface area contributed by atoms with Crippen molar-refractivity contribution < 1.29 is 22.6 Å². The van der Waals surface area contributed by atoms with E-state index in [0.29, 0.717) is 28.3 Å². The Kier molecular flexibility index (Phi) is 7.20. The number of fused-ring (bicyclic) bond motifs is 2. The first-order valence-corrected chi connectivity index (χ1v) is 14.9. The van der Waals surface area contributed by atoms with Crippen LogP contribution in [0.15, 0.2) is 53.7 Å². The summed E-state index contributed by atoms with van der Waals surface area (Å²) in [5, 5.41) is 1.13. The Labute approximate surface area is 244 Å². The van der Waals surface area contributed by atoms with Crippen LogP contribution in [0.4, 0.5) is 13.2 Å². The van der Waals surface area contributed by atoms with Gasteiger partial charge in [-0.2, -0.15) is 4.39 Å². The molecule has 5 nitrogen and oxygen atoms in total. The molecule has 3 aromatic carbocycles. The minimum Gasteiger partial charge on any atom is -0.493 e. The summed E-state index contributed by atoms with van der Waals surface area (Å²) in [5.41, 5.74) is 2.49. The van der Waals surface area contributed by atoms with E-state index in [4.69, 9.17) is 21.1 Å². The molecule has 2 aromatic heterocycles. The van der Waals surface area contributed by atoms with Crippen molar-refractivity contribution in [3.05, 3.63) is 88.1 Å². The van der Waals surface area contributed by atoms with Gasteiger partial charge < -0.3 is 19.4 Å². The number of rotatable bonds is 7. The number of halogens is 4. The summed E-state index contributed by atoms with van der Waals surface area (Å²) in [6, 6.07) is 9.54. The summed E-state index contributed by atoms with van der Waals surface area (Å²) < 4.78 is 56.9. The highest BCUT2D eigenvalue weighted by molar-refractivity contribution is 7.99. The Bertz CT molecular complexity index is 1790. The van der Waals surface area contributed by atoms with Crippen LogP contribution >= 0.6 is 23.4 Å². The van der Waals surface area contributed by atoms with E-state index in [9.17, 15) is 4.39 Å². The van der Waals surface area contributed by atoms with E-state index in [2.05, 4.69) is 28.8 Å². The van der Waals surface area contributed by atoms with Crippen LogP contribution in [-0.4, -0.2) is 27.8 Å². The van der Waals surface area contributed by atoms with Crippen LogP contribution in [0, 0.1) is 17.5 Å². The molecule has 0 saturated heterocycles. The van der Waals surface area contributed by atoms with Crippen LogP contribution in [0.25, 0.3) is 22.3 Å². The van der Waals surface area contributed by atoms with Gasteiger partial charge in [-0.1, -0.05) is 24.9 Å². The maximum atomic E-state index is 15.1. The molecule has 0 unspecified atom stereocenters. The molecule has 0 aliphatic carbocycles. The van der Waals surface area contributed by atoms with Crippen molar-refractivity contribution in [1.82, 2.24) is 15.0 Å². The van der Waals surface area contributed by atoms with Gasteiger partial charge in [-0.25, -0.2) is 13.8 Å². The van der Waals surface area contributed by atoms with Crippen molar-refractivity contribution in [3.8, 4) is 28.6 Å². The number of ether oxygens (including phenoxy) is 2. The molecule has 0 fully saturated rings. The summed E-state index contributed by atoms with van der Waals surface area (Å²) in [4.78, 5) is 11.0. The van der Waals surface area contributed by atoms with E-state index in [1.807, 2.05) is 12.1 Å². The fourth-order valence-corrected chi connectivity index (χ4v) is 6.48. The van der Waals surface area contributed by atoms with E-state index in [0.717, 1.165) is 35.4 Å². The smallest absolute Gasteiger partial charge is 0.204 e. The number of aromatic nitrogens is 3. The summed E-state index contributed by atoms with van der Waals surface area (Å²) in [6.07, 6.45) is 7.44. The molecule has 0 spiro atoms. The van der Waals surface area contributed by atoms with Crippen LogP contribution < -0.4 is 9.47 Å². The van der Waals surface area contributed by atoms with Crippen LogP contribution in [0.1, 0.15) is 43.5 Å². The Morgan fingerprint density at radius 3 is 2.76 bits per heavy atom. The first-order chi connectivity index (χ1) is 19.7. The second-order valence-electron chi connectivity index (χ2n) is 10.3. The van der Waals surface area contributed by atoms with Crippen molar-refractivity contribution in [3.63, 3.8) is 0 Å². The van der Waals surface area contributed by atoms with Gasteiger partial charge in [0.2, 0.25) is 5.82 Å². The van der Waals surface area contributed by atoms with Crippen molar-refractivity contribution >= 4 is 34.3 Å². The lowest BCUT2D eigenvalue weighted by molar-refractivity contribution is 0.239. The minimum atomic E-state index is -1.12. The van der Waals surface area contributed by atoms with Gasteiger partial charge in [-0.15, -0.1) is 11.8 Å². The fraction of sp³-hybridized carbons (Fsp3) is 0.258. The van der Waals surface area contributed by atoms with Crippen LogP contribution in [0.2, 0.25) is 5.02 Å². The van der Waals surface area contributed by atoms with E-state index in [1.54, 1.807) is 18.5 Å². The number of hydrogen-bond acceptors (Lipinski definition) is 4. The van der Waals surface area contributed by atoms with Crippen molar-refractivity contribution in [2.75, 3.05) is 12.9 Å². The second kappa shape index (κ2) is 10.7. The number of H-pyrrole nitrogens is 2. The predicted octanol–water partition coefficient (Wildman–Crippen LogP) is 9.18. The molecule has 1 aliphatic rings. The highest BCUT2D eigenvalue weighted by Gasteiger charge is 2.38. The molecular weight excluding hydrogens is 571 g/mol. The molecule has 0 amide bonds. The first-order valence-electron chi connectivity index (χ1n) is 13.3. The molecule has 1 atom stereocenters. The zero-order valence-electron chi connectivity index (χ0n) is 22.6. The zero-order chi connectivity index (χ0) is 28.9. The molecule has 10 heteroatoms. The number of imidazole rings is 1. The predicted molar refractivity (Wildman–Crippen MR) is 156 cm³/mol. The summed E-state index contributed by atoms with van der Waals surface area (Å²) in [6.45, 7) is 4.71. The number of nitrogens with one attached hydrogen (secondary N) is 2. The number of nitrogens with zero attached hydrogens (tertiary/aromatic N) is 1. The largest absolute Gasteiger partial charge is 0.493 e. The number of aryl methyl sites for hydroxylation is 1. The molecule has 2 N–H and O–H groups in total. The second-order valence-corrected chi connectivity index (χ2v) is 11.5. The monoisotopic (exact) mass is 597 g/mol. The Hall–Kier alpha value is -3.56. The Balaban J connectivity index is 1.38. The van der Waals surface area contributed by atoms with Gasteiger partial charge in [0.25, 0.3) is 0 Å². The first kappa shape index (κ1) is 27.6. The third kappa shape index (κ3) is 4.65. The van der Waals surface area contributed by atoms with Crippen molar-refractivity contribution in [2.45, 2.75) is 43.4 Å². The van der Waals surface area contributed by atoms with Gasteiger partial charge in [-0.05, 0) is 68.0 Å². The molecule has 41 heavy (non-hydrogen) atoms. The molecule has 0 radical (unpaired) electrons. The van der Waals surface area contributed by atoms with Crippen LogP contribution in [0.3, 0.4) is 0 Å². The summed E-state index contributed by atoms with van der Waals surface area (Å²) in [5.74, 6) is -1.70. The highest BCUT2D eigenvalue weighted by Crippen LogP contribution is 2.47. The number of hydrogen-bond donors (Lipinski definition) is 2. The third-order valence-corrected chi connectivity index (χ3v) is 8.72. The number of aromatic amines is 2. The normalized spacial score (nSPS) is 16.6. The van der Waals surface area contributed by atoms with E-state index < -0.39 is 22.9 Å². The lowest BCUT2D eigenvalue weighted by Crippen LogP contribution is -2.32. The molecule has 0 bridgehead atoms. The zero-order valence-corrected chi connectivity index (χ0v) is 24.2. The number of thioether (sulfide) groups is 1. The van der Waals surface area contributed by atoms with Crippen molar-refractivity contribution in [1.29, 1.82) is 0 Å². The minimum absolute atomic E-state index is 0.0633. The molecule has 212 valence electrons. The fourth-order valence-electron chi connectivity index (χ4n) is 5.53. The van der Waals surface area contributed by atoms with Gasteiger partial charge in [0, 0.05) is 39.5 Å². The third-order valence-electron chi connectivity index (χ3n) is 7.69. The van der Waals surface area contributed by atoms with Crippen molar-refractivity contribution in [2.24, 2.45) is 0 Å². The maximum Gasteiger partial charge on any atom is 0.204 e. The van der Waals surface area contributed by atoms with E-state index in [-0.39, 0.29) is 28.4 Å². The van der Waals surface area contributed by atoms with Gasteiger partial charge >= 0.3 is 0 Å². The van der Waals surface area contributed by atoms with Gasteiger partial charge in [-0.3, -0.25) is 0 Å². The quantitative estimate of drug-likeness (QED) is 0.184. The lowest BCUT2D eigenvalue weighted by atomic mass is 9.74. The highest BCUT2D eigenvalue weighted by atomic mass is 35.5. The van der Waals surface area contributed by atoms with E-state index in [1.165, 1.54) is 36.2 Å². The molecule has 0 saturated carbocycles. The molecule has 3 heterocycles. The average molecular weight is 598 g/mol. The Morgan fingerprint density at radius 2 is 1.98 bits per heavy atom. The average Bonchev–Trinajstić information content (AvgIpc) is 3.65. The molecule has 6 rings (SSSR count). The van der Waals surface area contributed by atoms with E-state index >= 15 is 8.78 Å². The number of benzene rings is 3. The standard InChI is InChI=1S/C31H27ClF3N3O2S/c1-4-5-16-12-17(32)13-21-27(16)39-11-9-31(21,2)23-15-37-30(38-23)20-14-18(6-7-22(20)33)40-28-25(35)24(34)26-19(8-10-36-26)29(28)41-3/h6-8,10,12-15,36H,4-5,9,11H2,1-3H3,(H,37,38)/t31-/m0/s1. The van der Waals surface area contributed by atoms with Gasteiger partial charge in [0.15, 0.2) is 11.6 Å². The van der Waals surface area contributed by atoms with Gasteiger partial charge in [0.05, 0.1) is 22.6 Å². The SMILES string of the molecule is CCCc1cc(Cl)cc2c1OCC[C@]2(C)c1cnc(-c2cc(Oc3c(F)c(F)c4[nH]ccc4c3SC)ccc2F)[nH]1.